The zero-order chi connectivity index (χ0) is 15.6. The average Bonchev–Trinajstić information content (AvgIpc) is 3.27. The molecule has 3 saturated heterocycles. The minimum Gasteiger partial charge on any atom is -0.378 e. The molecule has 0 unspecified atom stereocenters. The number of rotatable bonds is 3. The van der Waals surface area contributed by atoms with E-state index in [1.807, 2.05) is 11.6 Å². The molecule has 0 aromatic carbocycles. The second kappa shape index (κ2) is 6.87. The van der Waals surface area contributed by atoms with Crippen LogP contribution in [0.15, 0.2) is 11.6 Å². The molecule has 4 heterocycles. The third-order valence-electron chi connectivity index (χ3n) is 5.53. The summed E-state index contributed by atoms with van der Waals surface area (Å²) in [5.74, 6) is 0.897. The summed E-state index contributed by atoms with van der Waals surface area (Å²) in [6.45, 7) is 5.58. The van der Waals surface area contributed by atoms with Crippen molar-refractivity contribution in [1.82, 2.24) is 14.8 Å². The summed E-state index contributed by atoms with van der Waals surface area (Å²) in [5, 5.41) is 3.20. The zero-order valence-corrected chi connectivity index (χ0v) is 14.3. The van der Waals surface area contributed by atoms with Crippen LogP contribution >= 0.6 is 11.3 Å². The first kappa shape index (κ1) is 15.5. The van der Waals surface area contributed by atoms with Gasteiger partial charge in [0.1, 0.15) is 5.01 Å². The number of fused-ring (bicyclic) bond motifs is 1. The van der Waals surface area contributed by atoms with Crippen LogP contribution in [0.3, 0.4) is 0 Å². The van der Waals surface area contributed by atoms with Crippen LogP contribution in [0.25, 0.3) is 0 Å². The van der Waals surface area contributed by atoms with Crippen molar-refractivity contribution in [3.8, 4) is 0 Å². The monoisotopic (exact) mass is 335 g/mol. The van der Waals surface area contributed by atoms with Crippen LogP contribution in [-0.2, 0) is 16.1 Å². The van der Waals surface area contributed by atoms with Crippen molar-refractivity contribution in [2.24, 2.45) is 11.8 Å². The molecule has 0 bridgehead atoms. The van der Waals surface area contributed by atoms with E-state index in [1.165, 1.54) is 17.8 Å². The zero-order valence-electron chi connectivity index (χ0n) is 13.5. The number of amides is 1. The van der Waals surface area contributed by atoms with Crippen LogP contribution in [0.4, 0.5) is 0 Å². The topological polar surface area (TPSA) is 45.7 Å². The number of hydrogen-bond donors (Lipinski definition) is 0. The number of ether oxygens (including phenoxy) is 1. The smallest absolute Gasteiger partial charge is 0.226 e. The van der Waals surface area contributed by atoms with Crippen molar-refractivity contribution in [2.45, 2.75) is 38.3 Å². The molecule has 1 aromatic heterocycles. The Morgan fingerprint density at radius 2 is 2.17 bits per heavy atom. The van der Waals surface area contributed by atoms with Crippen molar-refractivity contribution in [3.05, 3.63) is 16.6 Å². The molecule has 3 aliphatic heterocycles. The van der Waals surface area contributed by atoms with E-state index >= 15 is 0 Å². The number of likely N-dealkylation sites (tertiary alicyclic amines) is 2. The lowest BCUT2D eigenvalue weighted by Crippen LogP contribution is -2.53. The lowest BCUT2D eigenvalue weighted by atomic mass is 9.78. The van der Waals surface area contributed by atoms with E-state index in [2.05, 4.69) is 14.8 Å². The maximum atomic E-state index is 12.9. The number of carbonyl (C=O) groups is 1. The van der Waals surface area contributed by atoms with Gasteiger partial charge >= 0.3 is 0 Å². The number of nitrogens with zero attached hydrogens (tertiary/aromatic N) is 3. The lowest BCUT2D eigenvalue weighted by molar-refractivity contribution is -0.150. The van der Waals surface area contributed by atoms with Crippen LogP contribution in [0.5, 0.6) is 0 Å². The van der Waals surface area contributed by atoms with Gasteiger partial charge in [-0.15, -0.1) is 11.3 Å². The number of aromatic nitrogens is 1. The molecule has 3 atom stereocenters. The maximum absolute atomic E-state index is 12.9. The molecule has 1 amide bonds. The Morgan fingerprint density at radius 1 is 1.30 bits per heavy atom. The standard InChI is InChI=1S/C17H25N3O2S/c21-17(20-6-1-2-7-20)13-4-9-22-15-3-8-19(11-14(13)15)12-16-18-5-10-23-16/h5,10,13-15H,1-4,6-9,11-12H2/t13-,14+,15-/m1/s1. The summed E-state index contributed by atoms with van der Waals surface area (Å²) in [5.41, 5.74) is 0. The third kappa shape index (κ3) is 3.30. The van der Waals surface area contributed by atoms with Gasteiger partial charge in [0.05, 0.1) is 12.6 Å². The van der Waals surface area contributed by atoms with Gasteiger partial charge in [0.2, 0.25) is 5.91 Å². The molecule has 3 aliphatic rings. The maximum Gasteiger partial charge on any atom is 0.226 e. The second-order valence-electron chi connectivity index (χ2n) is 6.95. The van der Waals surface area contributed by atoms with E-state index in [0.29, 0.717) is 11.8 Å². The predicted molar refractivity (Wildman–Crippen MR) is 89.2 cm³/mol. The molecule has 0 spiro atoms. The first-order valence-electron chi connectivity index (χ1n) is 8.82. The second-order valence-corrected chi connectivity index (χ2v) is 7.93. The van der Waals surface area contributed by atoms with Crippen molar-refractivity contribution in [2.75, 3.05) is 32.8 Å². The van der Waals surface area contributed by atoms with Crippen LogP contribution < -0.4 is 0 Å². The summed E-state index contributed by atoms with van der Waals surface area (Å²) in [6.07, 6.45) is 6.41. The molecule has 5 nitrogen and oxygen atoms in total. The number of thiazole rings is 1. The Balaban J connectivity index is 1.44. The fourth-order valence-electron chi connectivity index (χ4n) is 4.33. The Labute approximate surface area is 141 Å². The van der Waals surface area contributed by atoms with Gasteiger partial charge in [0.25, 0.3) is 0 Å². The summed E-state index contributed by atoms with van der Waals surface area (Å²) in [6, 6.07) is 0. The Morgan fingerprint density at radius 3 is 2.96 bits per heavy atom. The quantitative estimate of drug-likeness (QED) is 0.847. The first-order valence-corrected chi connectivity index (χ1v) is 9.70. The Bertz CT molecular complexity index is 530. The summed E-state index contributed by atoms with van der Waals surface area (Å²) in [7, 11) is 0. The molecule has 0 aliphatic carbocycles. The predicted octanol–water partition coefficient (Wildman–Crippen LogP) is 1.99. The minimum absolute atomic E-state index is 0.158. The third-order valence-corrected chi connectivity index (χ3v) is 6.30. The number of carbonyl (C=O) groups excluding carboxylic acids is 1. The molecule has 0 saturated carbocycles. The lowest BCUT2D eigenvalue weighted by Gasteiger charge is -2.45. The van der Waals surface area contributed by atoms with Crippen LogP contribution in [0.1, 0.15) is 30.7 Å². The normalized spacial score (nSPS) is 32.0. The fraction of sp³-hybridized carbons (Fsp3) is 0.765. The highest BCUT2D eigenvalue weighted by molar-refractivity contribution is 7.09. The summed E-state index contributed by atoms with van der Waals surface area (Å²) >= 11 is 1.71. The molecule has 3 fully saturated rings. The van der Waals surface area contributed by atoms with Crippen molar-refractivity contribution in [1.29, 1.82) is 0 Å². The molecular weight excluding hydrogens is 310 g/mol. The first-order chi connectivity index (χ1) is 11.3. The molecule has 126 valence electrons. The van der Waals surface area contributed by atoms with Gasteiger partial charge in [-0.1, -0.05) is 0 Å². The Hall–Kier alpha value is -0.980. The van der Waals surface area contributed by atoms with Gasteiger partial charge in [-0.05, 0) is 25.7 Å². The Kier molecular flexibility index (Phi) is 4.64. The van der Waals surface area contributed by atoms with Crippen LogP contribution in [-0.4, -0.2) is 59.6 Å². The van der Waals surface area contributed by atoms with E-state index in [9.17, 15) is 4.79 Å². The number of piperidine rings is 1. The van der Waals surface area contributed by atoms with Crippen LogP contribution in [0, 0.1) is 11.8 Å². The van der Waals surface area contributed by atoms with Gasteiger partial charge in [0, 0.05) is 56.2 Å². The number of hydrogen-bond acceptors (Lipinski definition) is 5. The van der Waals surface area contributed by atoms with E-state index in [4.69, 9.17) is 4.74 Å². The fourth-order valence-corrected chi connectivity index (χ4v) is 4.99. The largest absolute Gasteiger partial charge is 0.378 e. The van der Waals surface area contributed by atoms with E-state index in [0.717, 1.165) is 52.2 Å². The highest BCUT2D eigenvalue weighted by atomic mass is 32.1. The SMILES string of the molecule is O=C([C@@H]1CCO[C@@H]2CCN(Cc3nccs3)C[C@H]21)N1CCCC1. The molecule has 4 rings (SSSR count). The molecular formula is C17H25N3O2S. The minimum atomic E-state index is 0.158. The van der Waals surface area contributed by atoms with Gasteiger partial charge < -0.3 is 9.64 Å². The summed E-state index contributed by atoms with van der Waals surface area (Å²) < 4.78 is 6.00. The molecule has 6 heteroatoms. The summed E-state index contributed by atoms with van der Waals surface area (Å²) in [4.78, 5) is 21.9. The van der Waals surface area contributed by atoms with Gasteiger partial charge in [-0.3, -0.25) is 9.69 Å². The van der Waals surface area contributed by atoms with Gasteiger partial charge in [-0.2, -0.15) is 0 Å². The molecule has 0 N–H and O–H groups in total. The highest BCUT2D eigenvalue weighted by Crippen LogP contribution is 2.35. The van der Waals surface area contributed by atoms with Gasteiger partial charge in [-0.25, -0.2) is 4.98 Å². The molecule has 23 heavy (non-hydrogen) atoms. The van der Waals surface area contributed by atoms with Crippen LogP contribution in [0.2, 0.25) is 0 Å². The molecule has 0 radical (unpaired) electrons. The van der Waals surface area contributed by atoms with E-state index in [-0.39, 0.29) is 12.0 Å². The van der Waals surface area contributed by atoms with Gasteiger partial charge in [0.15, 0.2) is 0 Å². The van der Waals surface area contributed by atoms with Crippen molar-refractivity contribution in [3.63, 3.8) is 0 Å². The van der Waals surface area contributed by atoms with E-state index < -0.39 is 0 Å². The highest BCUT2D eigenvalue weighted by Gasteiger charge is 2.43. The average molecular weight is 335 g/mol. The van der Waals surface area contributed by atoms with Crippen molar-refractivity contribution < 1.29 is 9.53 Å². The van der Waals surface area contributed by atoms with E-state index in [1.54, 1.807) is 11.3 Å². The molecule has 1 aromatic rings. The van der Waals surface area contributed by atoms with Crippen molar-refractivity contribution >= 4 is 17.2 Å².